The van der Waals surface area contributed by atoms with Crippen LogP contribution in [0.25, 0.3) is 44.3 Å². The van der Waals surface area contributed by atoms with E-state index in [0.29, 0.717) is 44.4 Å². The highest BCUT2D eigenvalue weighted by Crippen LogP contribution is 2.68. The molecule has 506 valence electrons. The van der Waals surface area contributed by atoms with Crippen molar-refractivity contribution in [3.05, 3.63) is 106 Å². The zero-order valence-electron chi connectivity index (χ0n) is 55.0. The minimum absolute atomic E-state index is 0.00910. The van der Waals surface area contributed by atoms with Crippen LogP contribution in [0.5, 0.6) is 11.5 Å². The van der Waals surface area contributed by atoms with E-state index in [9.17, 15) is 41.1 Å². The average Bonchev–Trinajstić information content (AvgIpc) is 1.53. The van der Waals surface area contributed by atoms with Gasteiger partial charge in [0.15, 0.2) is 0 Å². The van der Waals surface area contributed by atoms with Gasteiger partial charge in [-0.1, -0.05) is 50.7 Å². The van der Waals surface area contributed by atoms with E-state index in [0.717, 1.165) is 147 Å². The van der Waals surface area contributed by atoms with Gasteiger partial charge in [-0.05, 0) is 146 Å². The Morgan fingerprint density at radius 2 is 1.24 bits per heavy atom. The van der Waals surface area contributed by atoms with E-state index in [1.54, 1.807) is 49.3 Å². The van der Waals surface area contributed by atoms with Crippen LogP contribution in [0.15, 0.2) is 72.8 Å². The number of carbonyl (C=O) groups excluding carboxylic acids is 3. The van der Waals surface area contributed by atoms with Gasteiger partial charge in [0.1, 0.15) is 11.5 Å². The number of benzene rings is 4. The molecule has 94 heavy (non-hydrogen) atoms. The highest BCUT2D eigenvalue weighted by atomic mass is 32.2. The third kappa shape index (κ3) is 13.0. The van der Waals surface area contributed by atoms with Gasteiger partial charge in [0, 0.05) is 131 Å². The van der Waals surface area contributed by atoms with Crippen LogP contribution in [0, 0.1) is 10.8 Å². The second kappa shape index (κ2) is 27.3. The number of aromatic carboxylic acids is 1. The van der Waals surface area contributed by atoms with Crippen LogP contribution in [-0.4, -0.2) is 181 Å². The number of likely N-dealkylation sites (N-methyl/N-ethyl adjacent to an activating group) is 4. The third-order valence-electron chi connectivity index (χ3n) is 21.2. The number of rotatable bonds is 13. The van der Waals surface area contributed by atoms with Crippen molar-refractivity contribution >= 4 is 65.9 Å². The summed E-state index contributed by atoms with van der Waals surface area (Å²) in [5, 5.41) is 17.2. The lowest BCUT2D eigenvalue weighted by molar-refractivity contribution is -0.137. The number of ether oxygens (including phenoxy) is 5. The minimum atomic E-state index is -4.08. The van der Waals surface area contributed by atoms with Crippen LogP contribution in [-0.2, 0) is 57.3 Å². The Labute approximate surface area is 551 Å². The molecule has 5 fully saturated rings. The molecule has 8 aliphatic rings. The number of methoxy groups -OCH3 is 2. The Morgan fingerprint density at radius 1 is 0.691 bits per heavy atom. The number of hydrogen-bond acceptors (Lipinski definition) is 13. The lowest BCUT2D eigenvalue weighted by atomic mass is 9.81. The Kier molecular flexibility index (Phi) is 19.5. The van der Waals surface area contributed by atoms with Gasteiger partial charge in [-0.2, -0.15) is 25.4 Å². The summed E-state index contributed by atoms with van der Waals surface area (Å²) >= 11 is 0. The predicted octanol–water partition coefficient (Wildman–Crippen LogP) is 9.20. The topological polar surface area (TPSA) is 264 Å². The van der Waals surface area contributed by atoms with Crippen molar-refractivity contribution in [1.29, 1.82) is 0 Å². The molecule has 6 aromatic rings. The molecule has 0 unspecified atom stereocenters. The molecular weight excluding hydrogens is 1240 g/mol. The summed E-state index contributed by atoms with van der Waals surface area (Å²) in [6.45, 7) is 4.66. The monoisotopic (exact) mass is 1330 g/mol. The minimum Gasteiger partial charge on any atom is -0.497 e. The molecule has 4 atom stereocenters. The summed E-state index contributed by atoms with van der Waals surface area (Å²) in [4.78, 5) is 57.7. The largest absolute Gasteiger partial charge is 0.497 e. The second-order valence-corrected chi connectivity index (χ2v) is 30.4. The van der Waals surface area contributed by atoms with Crippen molar-refractivity contribution < 1.29 is 64.8 Å². The number of carboxylic acid groups (broad SMARTS) is 1. The standard InChI is InChI=1S/C33H42N4O7S.C33H40N4O6S.C4H8O/c1-35(13-15-44-16-14-36(2)45(34,41)42)32(40)33-19-27(33)26-18-23(43-3)10-12-24(26)30-29(21-7-5-4-6-8-21)25-11-9-22(31(38)39)17-28(25)37(30)20-33;1-35-13-15-43-16-14-36(2)44(40,41)34-31(38)22-9-11-25-28(17-22)37-20-33(32(35)39)19-27(33)26-18-23(42-3)10-12-24(26)30(37)29(25)21-7-5-4-6-8-21;1-2-4-5-3-1/h9-12,17-18,21,27H,4-8,13-16,19-20H2,1-3H3,(H,38,39)(H2,34,41,42);9-12,17-18,21,27H,4-8,13-16,19-20H2,1-3H3,(H,34,38);1-4H2/t2*27-,33-;/m11./s1. The zero-order chi connectivity index (χ0) is 66.4. The molecular formula is C70H90N8O14S2. The van der Waals surface area contributed by atoms with Gasteiger partial charge in [-0.3, -0.25) is 14.4 Å². The molecule has 1 spiro atoms. The fourth-order valence-electron chi connectivity index (χ4n) is 15.8. The number of nitrogens with zero attached hydrogens (tertiary/aromatic N) is 6. The van der Waals surface area contributed by atoms with Crippen LogP contribution in [0.1, 0.15) is 157 Å². The molecule has 4 bridgehead atoms. The van der Waals surface area contributed by atoms with E-state index in [4.69, 9.17) is 28.8 Å². The normalized spacial score (nSPS) is 23.6. The Hall–Kier alpha value is -6.90. The van der Waals surface area contributed by atoms with Crippen molar-refractivity contribution in [1.82, 2.24) is 32.3 Å². The Balaban J connectivity index is 0.000000168. The smallest absolute Gasteiger partial charge is 0.335 e. The number of amides is 3. The van der Waals surface area contributed by atoms with E-state index in [-0.39, 0.29) is 74.3 Å². The molecule has 22 nitrogen and oxygen atoms in total. The molecule has 4 saturated carbocycles. The second-order valence-electron chi connectivity index (χ2n) is 27.0. The van der Waals surface area contributed by atoms with E-state index in [2.05, 4.69) is 38.1 Å². The number of carboxylic acids is 1. The van der Waals surface area contributed by atoms with E-state index >= 15 is 0 Å². The maximum Gasteiger partial charge on any atom is 0.335 e. The van der Waals surface area contributed by atoms with E-state index < -0.39 is 43.1 Å². The number of nitrogens with two attached hydrogens (primary N) is 1. The van der Waals surface area contributed by atoms with Gasteiger partial charge in [0.25, 0.3) is 16.1 Å². The van der Waals surface area contributed by atoms with Crippen LogP contribution < -0.4 is 19.3 Å². The molecule has 0 radical (unpaired) electrons. The Bertz CT molecular complexity index is 4110. The molecule has 14 rings (SSSR count). The average molecular weight is 1330 g/mol. The maximum absolute atomic E-state index is 14.3. The van der Waals surface area contributed by atoms with Crippen LogP contribution in [0.3, 0.4) is 0 Å². The highest BCUT2D eigenvalue weighted by Gasteiger charge is 2.65. The molecule has 4 N–H and O–H groups in total. The van der Waals surface area contributed by atoms with E-state index in [1.807, 2.05) is 37.4 Å². The third-order valence-corrected chi connectivity index (χ3v) is 23.7. The van der Waals surface area contributed by atoms with Crippen molar-refractivity contribution in [2.75, 3.05) is 108 Å². The first-order valence-corrected chi connectivity index (χ1v) is 36.2. The zero-order valence-corrected chi connectivity index (χ0v) is 56.6. The number of carbonyl (C=O) groups is 4. The molecule has 24 heteroatoms. The lowest BCUT2D eigenvalue weighted by Gasteiger charge is -2.26. The van der Waals surface area contributed by atoms with Crippen molar-refractivity contribution in [2.45, 2.75) is 127 Å². The van der Waals surface area contributed by atoms with Crippen molar-refractivity contribution in [3.63, 3.8) is 0 Å². The summed E-state index contributed by atoms with van der Waals surface area (Å²) < 4.78 is 85.3. The fraction of sp³-hybridized carbons (Fsp3) is 0.543. The lowest BCUT2D eigenvalue weighted by Crippen LogP contribution is -2.43. The summed E-state index contributed by atoms with van der Waals surface area (Å²) in [6.07, 6.45) is 15.4. The molecule has 2 aromatic heterocycles. The molecule has 4 aliphatic heterocycles. The molecule has 4 aliphatic carbocycles. The number of nitrogens with one attached hydrogen (secondary N) is 1. The Morgan fingerprint density at radius 3 is 1.82 bits per heavy atom. The summed E-state index contributed by atoms with van der Waals surface area (Å²) in [7, 11) is 1.85. The molecule has 3 amide bonds. The maximum atomic E-state index is 14.3. The SMILES string of the molecule is C1CCOC1.COc1ccc2c(c1)[C@H]1C[C@@]1(C(=O)N(C)CCOCCN(C)S(N)(=O)=O)Cn1c-2c(C2CCCCC2)c2ccc(C(=O)O)cc21.COc1ccc2c(c1)[C@H]1C[C@@]13Cn1c-2c(C2CCCCC2)c2ccc(cc21)C(=O)NS(=O)(=O)N(C)CCOCCN(C)C3=O. The number of hydrogen-bond donors (Lipinski definition) is 3. The molecule has 4 aromatic carbocycles. The first kappa shape index (κ1) is 67.1. The van der Waals surface area contributed by atoms with Gasteiger partial charge in [0.2, 0.25) is 11.8 Å². The van der Waals surface area contributed by atoms with Gasteiger partial charge in [0.05, 0.1) is 68.4 Å². The first-order valence-electron chi connectivity index (χ1n) is 33.3. The van der Waals surface area contributed by atoms with Crippen molar-refractivity contribution in [3.8, 4) is 34.0 Å². The van der Waals surface area contributed by atoms with Gasteiger partial charge in [-0.25, -0.2) is 14.7 Å². The first-order chi connectivity index (χ1) is 45.1. The van der Waals surface area contributed by atoms with Gasteiger partial charge >= 0.3 is 16.2 Å². The summed E-state index contributed by atoms with van der Waals surface area (Å²) in [5.41, 5.74) is 10.0. The van der Waals surface area contributed by atoms with Crippen molar-refractivity contribution in [2.24, 2.45) is 16.0 Å². The summed E-state index contributed by atoms with van der Waals surface area (Å²) in [5.74, 6) is 0.655. The molecule has 6 heterocycles. The predicted molar refractivity (Wildman–Crippen MR) is 358 cm³/mol. The highest BCUT2D eigenvalue weighted by molar-refractivity contribution is 7.87. The number of fused-ring (bicyclic) bond motifs is 11. The van der Waals surface area contributed by atoms with Gasteiger partial charge < -0.3 is 47.7 Å². The fourth-order valence-corrected chi connectivity index (χ4v) is 17.0. The van der Waals surface area contributed by atoms with Crippen LogP contribution in [0.4, 0.5) is 0 Å². The quantitative estimate of drug-likeness (QED) is 0.0911. The van der Waals surface area contributed by atoms with Crippen LogP contribution >= 0.6 is 0 Å². The van der Waals surface area contributed by atoms with Gasteiger partial charge in [-0.15, -0.1) is 0 Å². The van der Waals surface area contributed by atoms with Crippen LogP contribution in [0.2, 0.25) is 0 Å². The van der Waals surface area contributed by atoms with E-state index in [1.165, 1.54) is 50.9 Å². The summed E-state index contributed by atoms with van der Waals surface area (Å²) in [6, 6.07) is 23.3. The molecule has 1 saturated heterocycles. The number of aromatic nitrogens is 2.